The highest BCUT2D eigenvalue weighted by Crippen LogP contribution is 2.33. The summed E-state index contributed by atoms with van der Waals surface area (Å²) < 4.78 is 6.09. The van der Waals surface area contributed by atoms with E-state index in [1.807, 2.05) is 12.1 Å². The normalized spacial score (nSPS) is 17.0. The van der Waals surface area contributed by atoms with Crippen LogP contribution in [0.25, 0.3) is 0 Å². The van der Waals surface area contributed by atoms with E-state index < -0.39 is 5.97 Å². The first-order chi connectivity index (χ1) is 8.16. The predicted molar refractivity (Wildman–Crippen MR) is 70.8 cm³/mol. The van der Waals surface area contributed by atoms with E-state index in [1.54, 1.807) is 17.8 Å². The third-order valence-corrected chi connectivity index (χ3v) is 4.54. The zero-order chi connectivity index (χ0) is 12.3. The predicted octanol–water partition coefficient (Wildman–Crippen LogP) is 3.42. The molecular formula is C12H13BrO3S. The zero-order valence-electron chi connectivity index (χ0n) is 9.19. The third kappa shape index (κ3) is 3.47. The average molecular weight is 317 g/mol. The first kappa shape index (κ1) is 12.9. The lowest BCUT2D eigenvalue weighted by atomic mass is 10.2. The Bertz CT molecular complexity index is 416. The van der Waals surface area contributed by atoms with Gasteiger partial charge in [0.2, 0.25) is 0 Å². The second-order valence-corrected chi connectivity index (χ2v) is 6.13. The lowest BCUT2D eigenvalue weighted by Crippen LogP contribution is -2.17. The van der Waals surface area contributed by atoms with Gasteiger partial charge in [-0.05, 0) is 31.0 Å². The zero-order valence-corrected chi connectivity index (χ0v) is 11.6. The van der Waals surface area contributed by atoms with E-state index in [-0.39, 0.29) is 0 Å². The van der Waals surface area contributed by atoms with Gasteiger partial charge in [-0.15, -0.1) is 11.8 Å². The molecule has 0 amide bonds. The number of ether oxygens (including phenoxy) is 1. The minimum absolute atomic E-state index is 0.371. The number of aromatic carboxylic acids is 1. The number of thioether (sulfide) groups is 1. The Morgan fingerprint density at radius 2 is 2.12 bits per heavy atom. The van der Waals surface area contributed by atoms with Crippen molar-refractivity contribution in [2.75, 3.05) is 13.2 Å². The van der Waals surface area contributed by atoms with Crippen LogP contribution in [0.4, 0.5) is 0 Å². The first-order valence-corrected chi connectivity index (χ1v) is 7.11. The van der Waals surface area contributed by atoms with Crippen LogP contribution in [0.3, 0.4) is 0 Å². The van der Waals surface area contributed by atoms with Gasteiger partial charge in [0, 0.05) is 27.8 Å². The summed E-state index contributed by atoms with van der Waals surface area (Å²) in [5.74, 6) is -0.874. The molecule has 2 rings (SSSR count). The highest BCUT2D eigenvalue weighted by Gasteiger charge is 2.18. The van der Waals surface area contributed by atoms with Crippen molar-refractivity contribution < 1.29 is 14.6 Å². The molecule has 0 bridgehead atoms. The summed E-state index contributed by atoms with van der Waals surface area (Å²) in [6.07, 6.45) is 1.97. The van der Waals surface area contributed by atoms with Crippen LogP contribution in [0.15, 0.2) is 27.6 Å². The molecule has 92 valence electrons. The standard InChI is InChI=1S/C12H13BrO3S/c13-8-1-2-11(10(7-8)12(14)15)17-9-3-5-16-6-4-9/h1-2,7,9H,3-6H2,(H,14,15). The van der Waals surface area contributed by atoms with E-state index in [0.29, 0.717) is 10.8 Å². The van der Waals surface area contributed by atoms with Crippen LogP contribution >= 0.6 is 27.7 Å². The Balaban J connectivity index is 2.16. The minimum Gasteiger partial charge on any atom is -0.478 e. The van der Waals surface area contributed by atoms with Gasteiger partial charge in [0.15, 0.2) is 0 Å². The highest BCUT2D eigenvalue weighted by molar-refractivity contribution is 9.10. The van der Waals surface area contributed by atoms with Crippen molar-refractivity contribution in [1.82, 2.24) is 0 Å². The fourth-order valence-electron chi connectivity index (χ4n) is 1.75. The minimum atomic E-state index is -0.874. The Morgan fingerprint density at radius 1 is 1.41 bits per heavy atom. The smallest absolute Gasteiger partial charge is 0.336 e. The summed E-state index contributed by atoms with van der Waals surface area (Å²) in [7, 11) is 0. The topological polar surface area (TPSA) is 46.5 Å². The van der Waals surface area contributed by atoms with Crippen LogP contribution in [0, 0.1) is 0 Å². The largest absolute Gasteiger partial charge is 0.478 e. The van der Waals surface area contributed by atoms with Crippen molar-refractivity contribution in [3.63, 3.8) is 0 Å². The molecule has 0 unspecified atom stereocenters. The maximum atomic E-state index is 11.2. The van der Waals surface area contributed by atoms with E-state index in [0.717, 1.165) is 35.4 Å². The van der Waals surface area contributed by atoms with E-state index in [9.17, 15) is 4.79 Å². The number of hydrogen-bond donors (Lipinski definition) is 1. The van der Waals surface area contributed by atoms with Crippen LogP contribution in [-0.4, -0.2) is 29.5 Å². The molecule has 1 fully saturated rings. The monoisotopic (exact) mass is 316 g/mol. The Kier molecular flexibility index (Phi) is 4.48. The summed E-state index contributed by atoms with van der Waals surface area (Å²) in [5, 5.41) is 9.62. The fraction of sp³-hybridized carbons (Fsp3) is 0.417. The van der Waals surface area contributed by atoms with Gasteiger partial charge < -0.3 is 9.84 Å². The van der Waals surface area contributed by atoms with Crippen LogP contribution in [0.5, 0.6) is 0 Å². The van der Waals surface area contributed by atoms with Crippen molar-refractivity contribution >= 4 is 33.7 Å². The highest BCUT2D eigenvalue weighted by atomic mass is 79.9. The average Bonchev–Trinajstić information content (AvgIpc) is 2.32. The van der Waals surface area contributed by atoms with E-state index in [4.69, 9.17) is 9.84 Å². The summed E-state index contributed by atoms with van der Waals surface area (Å²) in [6.45, 7) is 1.55. The summed E-state index contributed by atoms with van der Waals surface area (Å²) in [5.41, 5.74) is 0.371. The number of carboxylic acids is 1. The van der Waals surface area contributed by atoms with Crippen molar-refractivity contribution in [1.29, 1.82) is 0 Å². The second-order valence-electron chi connectivity index (χ2n) is 3.88. The number of carbonyl (C=O) groups is 1. The molecular weight excluding hydrogens is 304 g/mol. The summed E-state index contributed by atoms with van der Waals surface area (Å²) >= 11 is 4.94. The molecule has 17 heavy (non-hydrogen) atoms. The fourth-order valence-corrected chi connectivity index (χ4v) is 3.31. The molecule has 1 aromatic carbocycles. The number of rotatable bonds is 3. The second kappa shape index (κ2) is 5.89. The van der Waals surface area contributed by atoms with Crippen molar-refractivity contribution in [3.05, 3.63) is 28.2 Å². The summed E-state index contributed by atoms with van der Waals surface area (Å²) in [4.78, 5) is 12.0. The quantitative estimate of drug-likeness (QED) is 0.928. The number of benzene rings is 1. The van der Waals surface area contributed by atoms with Crippen LogP contribution in [-0.2, 0) is 4.74 Å². The molecule has 0 spiro atoms. The molecule has 3 nitrogen and oxygen atoms in total. The van der Waals surface area contributed by atoms with Gasteiger partial charge in [-0.25, -0.2) is 4.79 Å². The molecule has 0 radical (unpaired) electrons. The Hall–Kier alpha value is -0.520. The molecule has 0 aliphatic carbocycles. The Morgan fingerprint density at radius 3 is 2.76 bits per heavy atom. The van der Waals surface area contributed by atoms with Gasteiger partial charge in [0.1, 0.15) is 0 Å². The molecule has 1 aromatic rings. The Labute approximate surface area is 113 Å². The molecule has 0 saturated carbocycles. The molecule has 1 aliphatic heterocycles. The van der Waals surface area contributed by atoms with Crippen molar-refractivity contribution in [2.24, 2.45) is 0 Å². The molecule has 0 aromatic heterocycles. The van der Waals surface area contributed by atoms with Gasteiger partial charge in [0.05, 0.1) is 5.56 Å². The summed E-state index contributed by atoms with van der Waals surface area (Å²) in [6, 6.07) is 5.41. The number of hydrogen-bond acceptors (Lipinski definition) is 3. The van der Waals surface area contributed by atoms with E-state index >= 15 is 0 Å². The van der Waals surface area contributed by atoms with E-state index in [1.165, 1.54) is 0 Å². The van der Waals surface area contributed by atoms with Gasteiger partial charge in [0.25, 0.3) is 0 Å². The SMILES string of the molecule is O=C(O)c1cc(Br)ccc1SC1CCOCC1. The van der Waals surface area contributed by atoms with Gasteiger partial charge >= 0.3 is 5.97 Å². The maximum Gasteiger partial charge on any atom is 0.336 e. The first-order valence-electron chi connectivity index (χ1n) is 5.44. The van der Waals surface area contributed by atoms with Crippen LogP contribution in [0.2, 0.25) is 0 Å². The molecule has 1 heterocycles. The van der Waals surface area contributed by atoms with Gasteiger partial charge in [-0.3, -0.25) is 0 Å². The molecule has 1 aliphatic rings. The molecule has 0 atom stereocenters. The maximum absolute atomic E-state index is 11.2. The van der Waals surface area contributed by atoms with E-state index in [2.05, 4.69) is 15.9 Å². The number of carboxylic acid groups (broad SMARTS) is 1. The van der Waals surface area contributed by atoms with Crippen LogP contribution < -0.4 is 0 Å². The van der Waals surface area contributed by atoms with Crippen molar-refractivity contribution in [2.45, 2.75) is 23.0 Å². The number of halogens is 1. The third-order valence-electron chi connectivity index (χ3n) is 2.63. The molecule has 1 saturated heterocycles. The molecule has 1 N–H and O–H groups in total. The lowest BCUT2D eigenvalue weighted by molar-refractivity contribution is 0.0693. The lowest BCUT2D eigenvalue weighted by Gasteiger charge is -2.22. The van der Waals surface area contributed by atoms with Crippen LogP contribution in [0.1, 0.15) is 23.2 Å². The van der Waals surface area contributed by atoms with Gasteiger partial charge in [-0.2, -0.15) is 0 Å². The molecule has 5 heteroatoms. The van der Waals surface area contributed by atoms with Crippen molar-refractivity contribution in [3.8, 4) is 0 Å². The van der Waals surface area contributed by atoms with Gasteiger partial charge in [-0.1, -0.05) is 15.9 Å².